The Morgan fingerprint density at radius 3 is 2.20 bits per heavy atom. The number of rotatable bonds is 4. The van der Waals surface area contributed by atoms with E-state index < -0.39 is 6.03 Å². The Hall–Kier alpha value is -2.82. The number of hydrazone groups is 1. The van der Waals surface area contributed by atoms with E-state index in [2.05, 4.69) is 10.5 Å². The fraction of sp³-hybridized carbons (Fsp3) is 0.0667. The van der Waals surface area contributed by atoms with Crippen LogP contribution in [0.15, 0.2) is 53.6 Å². The van der Waals surface area contributed by atoms with Crippen molar-refractivity contribution in [2.75, 3.05) is 0 Å². The zero-order valence-corrected chi connectivity index (χ0v) is 11.0. The maximum Gasteiger partial charge on any atom is 0.332 e. The third-order valence-electron chi connectivity index (χ3n) is 2.53. The van der Waals surface area contributed by atoms with E-state index in [-0.39, 0.29) is 0 Å². The van der Waals surface area contributed by atoms with Crippen LogP contribution in [0.25, 0.3) is 0 Å². The Balaban J connectivity index is 1.99. The van der Waals surface area contributed by atoms with Gasteiger partial charge in [-0.2, -0.15) is 5.10 Å². The molecule has 0 fully saturated rings. The molecule has 3 N–H and O–H groups in total. The molecule has 0 bridgehead atoms. The summed E-state index contributed by atoms with van der Waals surface area (Å²) in [5.41, 5.74) is 9.04. The molecule has 0 spiro atoms. The predicted octanol–water partition coefficient (Wildman–Crippen LogP) is 2.79. The van der Waals surface area contributed by atoms with Gasteiger partial charge in [0.25, 0.3) is 0 Å². The number of carbonyl (C=O) groups excluding carboxylic acids is 1. The molecule has 0 atom stereocenters. The number of hydrogen-bond donors (Lipinski definition) is 2. The summed E-state index contributed by atoms with van der Waals surface area (Å²) >= 11 is 0. The number of carbonyl (C=O) groups is 1. The summed E-state index contributed by atoms with van der Waals surface area (Å²) in [5, 5.41) is 3.67. The van der Waals surface area contributed by atoms with E-state index in [1.54, 1.807) is 0 Å². The number of nitrogens with one attached hydrogen (secondary N) is 1. The summed E-state index contributed by atoms with van der Waals surface area (Å²) in [6.07, 6.45) is 1.50. The van der Waals surface area contributed by atoms with Crippen LogP contribution in [0.2, 0.25) is 0 Å². The van der Waals surface area contributed by atoms with Gasteiger partial charge in [0.2, 0.25) is 0 Å². The SMILES string of the molecule is Cc1ccc(Oc2ccc(/C=N/NC(N)=O)cc2)cc1. The first-order valence-corrected chi connectivity index (χ1v) is 6.06. The molecule has 2 amide bonds. The van der Waals surface area contributed by atoms with Crippen molar-refractivity contribution in [2.45, 2.75) is 6.92 Å². The third-order valence-corrected chi connectivity index (χ3v) is 2.53. The minimum Gasteiger partial charge on any atom is -0.457 e. The van der Waals surface area contributed by atoms with Gasteiger partial charge in [-0.25, -0.2) is 10.2 Å². The van der Waals surface area contributed by atoms with E-state index in [9.17, 15) is 4.79 Å². The first-order chi connectivity index (χ1) is 9.63. The standard InChI is InChI=1S/C15H15N3O2/c1-11-2-6-13(7-3-11)20-14-8-4-12(5-9-14)10-17-18-15(16)19/h2-10H,1H3,(H3,16,18,19)/b17-10+. The molecule has 0 aliphatic rings. The van der Waals surface area contributed by atoms with Crippen LogP contribution in [0.3, 0.4) is 0 Å². The fourth-order valence-corrected chi connectivity index (χ4v) is 1.53. The quantitative estimate of drug-likeness (QED) is 0.661. The second kappa shape index (κ2) is 6.38. The minimum absolute atomic E-state index is 0.694. The highest BCUT2D eigenvalue weighted by molar-refractivity contribution is 5.81. The van der Waals surface area contributed by atoms with Crippen molar-refractivity contribution in [3.8, 4) is 11.5 Å². The van der Waals surface area contributed by atoms with Crippen molar-refractivity contribution in [1.29, 1.82) is 0 Å². The molecular formula is C15H15N3O2. The minimum atomic E-state index is -0.694. The van der Waals surface area contributed by atoms with E-state index in [1.165, 1.54) is 11.8 Å². The molecule has 5 nitrogen and oxygen atoms in total. The number of primary amides is 1. The lowest BCUT2D eigenvalue weighted by Gasteiger charge is -2.06. The van der Waals surface area contributed by atoms with Gasteiger partial charge in [0.1, 0.15) is 11.5 Å². The van der Waals surface area contributed by atoms with Crippen molar-refractivity contribution in [3.05, 3.63) is 59.7 Å². The van der Waals surface area contributed by atoms with Crippen LogP contribution < -0.4 is 15.9 Å². The van der Waals surface area contributed by atoms with Crippen LogP contribution in [0.1, 0.15) is 11.1 Å². The van der Waals surface area contributed by atoms with Gasteiger partial charge in [-0.3, -0.25) is 0 Å². The summed E-state index contributed by atoms with van der Waals surface area (Å²) in [6, 6.07) is 14.4. The highest BCUT2D eigenvalue weighted by Gasteiger charge is 1.97. The first-order valence-electron chi connectivity index (χ1n) is 6.06. The number of aryl methyl sites for hydroxylation is 1. The molecule has 102 valence electrons. The number of ether oxygens (including phenoxy) is 1. The van der Waals surface area contributed by atoms with Gasteiger partial charge in [0.05, 0.1) is 6.21 Å². The van der Waals surface area contributed by atoms with Crippen LogP contribution in [-0.4, -0.2) is 12.2 Å². The summed E-state index contributed by atoms with van der Waals surface area (Å²) in [4.78, 5) is 10.4. The smallest absolute Gasteiger partial charge is 0.332 e. The summed E-state index contributed by atoms with van der Waals surface area (Å²) in [5.74, 6) is 1.52. The Morgan fingerprint density at radius 1 is 1.10 bits per heavy atom. The summed E-state index contributed by atoms with van der Waals surface area (Å²) in [7, 11) is 0. The largest absolute Gasteiger partial charge is 0.457 e. The van der Waals surface area contributed by atoms with E-state index in [0.29, 0.717) is 0 Å². The third kappa shape index (κ3) is 4.13. The van der Waals surface area contributed by atoms with Crippen LogP contribution in [0.4, 0.5) is 4.79 Å². The van der Waals surface area contributed by atoms with Crippen molar-refractivity contribution in [1.82, 2.24) is 5.43 Å². The monoisotopic (exact) mass is 269 g/mol. The topological polar surface area (TPSA) is 76.7 Å². The maximum absolute atomic E-state index is 10.4. The normalized spacial score (nSPS) is 10.4. The lowest BCUT2D eigenvalue weighted by Crippen LogP contribution is -2.24. The van der Waals surface area contributed by atoms with Gasteiger partial charge in [0, 0.05) is 0 Å². The molecular weight excluding hydrogens is 254 g/mol. The highest BCUT2D eigenvalue weighted by Crippen LogP contribution is 2.21. The molecule has 0 radical (unpaired) electrons. The number of nitrogens with two attached hydrogens (primary N) is 1. The Bertz CT molecular complexity index is 604. The second-order valence-electron chi connectivity index (χ2n) is 4.22. The van der Waals surface area contributed by atoms with Crippen LogP contribution in [0.5, 0.6) is 11.5 Å². The van der Waals surface area contributed by atoms with Gasteiger partial charge in [-0.15, -0.1) is 0 Å². The van der Waals surface area contributed by atoms with Gasteiger partial charge in [-0.1, -0.05) is 17.7 Å². The molecule has 0 saturated carbocycles. The number of urea groups is 1. The molecule has 0 heterocycles. The van der Waals surface area contributed by atoms with Gasteiger partial charge in [0.15, 0.2) is 0 Å². The van der Waals surface area contributed by atoms with E-state index >= 15 is 0 Å². The fourth-order valence-electron chi connectivity index (χ4n) is 1.53. The molecule has 0 unspecified atom stereocenters. The Morgan fingerprint density at radius 2 is 1.65 bits per heavy atom. The molecule has 5 heteroatoms. The zero-order valence-electron chi connectivity index (χ0n) is 11.0. The van der Waals surface area contributed by atoms with Crippen LogP contribution in [0, 0.1) is 6.92 Å². The summed E-state index contributed by atoms with van der Waals surface area (Å²) < 4.78 is 5.70. The zero-order chi connectivity index (χ0) is 14.4. The average Bonchev–Trinajstić information content (AvgIpc) is 2.43. The Kier molecular flexibility index (Phi) is 4.34. The van der Waals surface area contributed by atoms with Crippen molar-refractivity contribution in [3.63, 3.8) is 0 Å². The van der Waals surface area contributed by atoms with Gasteiger partial charge in [-0.05, 0) is 48.9 Å². The van der Waals surface area contributed by atoms with E-state index in [0.717, 1.165) is 17.1 Å². The summed E-state index contributed by atoms with van der Waals surface area (Å²) in [6.45, 7) is 2.03. The average molecular weight is 269 g/mol. The highest BCUT2D eigenvalue weighted by atomic mass is 16.5. The number of nitrogens with zero attached hydrogens (tertiary/aromatic N) is 1. The predicted molar refractivity (Wildman–Crippen MR) is 78.0 cm³/mol. The number of hydrogen-bond acceptors (Lipinski definition) is 3. The molecule has 0 aliphatic carbocycles. The molecule has 2 aromatic rings. The lowest BCUT2D eigenvalue weighted by atomic mass is 10.2. The van der Waals surface area contributed by atoms with Crippen LogP contribution in [-0.2, 0) is 0 Å². The molecule has 20 heavy (non-hydrogen) atoms. The van der Waals surface area contributed by atoms with Crippen molar-refractivity contribution < 1.29 is 9.53 Å². The molecule has 2 rings (SSSR count). The molecule has 0 aliphatic heterocycles. The van der Waals surface area contributed by atoms with E-state index in [4.69, 9.17) is 10.5 Å². The van der Waals surface area contributed by atoms with Gasteiger partial charge >= 0.3 is 6.03 Å². The maximum atomic E-state index is 10.4. The molecule has 0 aromatic heterocycles. The van der Waals surface area contributed by atoms with Crippen molar-refractivity contribution >= 4 is 12.2 Å². The van der Waals surface area contributed by atoms with Crippen LogP contribution >= 0.6 is 0 Å². The first kappa shape index (κ1) is 13.6. The second-order valence-corrected chi connectivity index (χ2v) is 4.22. The number of benzene rings is 2. The van der Waals surface area contributed by atoms with Crippen molar-refractivity contribution in [2.24, 2.45) is 10.8 Å². The molecule has 2 aromatic carbocycles. The van der Waals surface area contributed by atoms with E-state index in [1.807, 2.05) is 55.5 Å². The molecule has 0 saturated heterocycles. The Labute approximate surface area is 117 Å². The number of amides is 2. The van der Waals surface area contributed by atoms with Gasteiger partial charge < -0.3 is 10.5 Å². The lowest BCUT2D eigenvalue weighted by molar-refractivity contribution is 0.249.